The van der Waals surface area contributed by atoms with Crippen molar-refractivity contribution in [3.8, 4) is 0 Å². The van der Waals surface area contributed by atoms with Crippen LogP contribution in [0.5, 0.6) is 0 Å². The topological polar surface area (TPSA) is 108 Å². The third kappa shape index (κ3) is 14.2. The van der Waals surface area contributed by atoms with Crippen LogP contribution in [0.2, 0.25) is 0 Å². The minimum absolute atomic E-state index is 0.0123. The van der Waals surface area contributed by atoms with Gasteiger partial charge < -0.3 is 19.5 Å². The number of benzene rings is 3. The lowest BCUT2D eigenvalue weighted by Crippen LogP contribution is -2.48. The monoisotopic (exact) mass is 651 g/mol. The third-order valence-electron chi connectivity index (χ3n) is 7.25. The molecule has 0 aliphatic carbocycles. The fraction of sp³-hybridized carbons (Fsp3) is 0.405. The van der Waals surface area contributed by atoms with Crippen LogP contribution in [-0.4, -0.2) is 48.5 Å². The number of ether oxygens (including phenoxy) is 3. The number of carbonyl (C=O) groups is 4. The summed E-state index contributed by atoms with van der Waals surface area (Å²) in [5, 5.41) is 2.54. The van der Waals surface area contributed by atoms with Gasteiger partial charge in [0.05, 0.1) is 18.9 Å². The second kappa shape index (κ2) is 18.6. The Kier molecular flexibility index (Phi) is 14.7. The summed E-state index contributed by atoms with van der Waals surface area (Å²) in [6.07, 6.45) is 0.138. The number of halogens is 2. The van der Waals surface area contributed by atoms with Gasteiger partial charge in [-0.15, -0.1) is 0 Å². The molecule has 0 heterocycles. The number of hydrogen-bond donors (Lipinski definition) is 1. The Morgan fingerprint density at radius 2 is 1.30 bits per heavy atom. The largest absolute Gasteiger partial charge is 0.461 e. The standard InChI is InChI=1S/C37H43F2NO7/c1-37(2,3)47-33(42)23-29(20-19-26-13-7-4-8-14-26)34(43)40-31(25-46-36(38)39)32(41)22-30(21-27-15-9-5-10-16-27)35(44)45-24-28-17-11-6-12-18-28/h4-18,29-31,36H,19-25H2,1-3H3,(H,40,43)/t29-,30-,31+/m1/s1. The molecule has 3 aromatic carbocycles. The zero-order chi connectivity index (χ0) is 34.2. The van der Waals surface area contributed by atoms with Crippen LogP contribution in [0.25, 0.3) is 0 Å². The molecule has 0 saturated heterocycles. The van der Waals surface area contributed by atoms with Gasteiger partial charge >= 0.3 is 18.6 Å². The summed E-state index contributed by atoms with van der Waals surface area (Å²) in [5.74, 6) is -4.51. The van der Waals surface area contributed by atoms with Crippen LogP contribution in [0.4, 0.5) is 8.78 Å². The summed E-state index contributed by atoms with van der Waals surface area (Å²) < 4.78 is 41.7. The van der Waals surface area contributed by atoms with Crippen LogP contribution in [0.15, 0.2) is 91.0 Å². The van der Waals surface area contributed by atoms with Gasteiger partial charge in [-0.1, -0.05) is 91.0 Å². The lowest BCUT2D eigenvalue weighted by atomic mass is 9.91. The molecule has 0 saturated carbocycles. The number of alkyl halides is 2. The fourth-order valence-electron chi connectivity index (χ4n) is 4.94. The van der Waals surface area contributed by atoms with E-state index in [1.807, 2.05) is 42.5 Å². The maximum Gasteiger partial charge on any atom is 0.345 e. The van der Waals surface area contributed by atoms with Crippen molar-refractivity contribution in [1.29, 1.82) is 0 Å². The van der Waals surface area contributed by atoms with E-state index in [4.69, 9.17) is 9.47 Å². The van der Waals surface area contributed by atoms with Gasteiger partial charge in [0.2, 0.25) is 5.91 Å². The minimum atomic E-state index is -3.20. The number of rotatable bonds is 18. The van der Waals surface area contributed by atoms with E-state index in [-0.39, 0.29) is 25.9 Å². The molecule has 0 radical (unpaired) electrons. The Labute approximate surface area is 274 Å². The molecule has 1 N–H and O–H groups in total. The normalized spacial score (nSPS) is 13.3. The fourth-order valence-corrected chi connectivity index (χ4v) is 4.94. The van der Waals surface area contributed by atoms with Crippen molar-refractivity contribution in [2.24, 2.45) is 11.8 Å². The van der Waals surface area contributed by atoms with Crippen molar-refractivity contribution in [3.05, 3.63) is 108 Å². The highest BCUT2D eigenvalue weighted by Crippen LogP contribution is 2.20. The first-order valence-corrected chi connectivity index (χ1v) is 15.6. The summed E-state index contributed by atoms with van der Waals surface area (Å²) in [4.78, 5) is 53.2. The molecule has 8 nitrogen and oxygen atoms in total. The van der Waals surface area contributed by atoms with E-state index in [1.165, 1.54) is 0 Å². The van der Waals surface area contributed by atoms with Crippen LogP contribution in [0.1, 0.15) is 56.7 Å². The highest BCUT2D eigenvalue weighted by atomic mass is 19.3. The minimum Gasteiger partial charge on any atom is -0.461 e. The predicted octanol–water partition coefficient (Wildman–Crippen LogP) is 6.25. The number of aryl methyl sites for hydroxylation is 1. The molecule has 0 aliphatic heterocycles. The number of amides is 1. The molecule has 0 spiro atoms. The molecule has 0 aromatic heterocycles. The maximum absolute atomic E-state index is 13.6. The average Bonchev–Trinajstić information content (AvgIpc) is 3.03. The number of nitrogens with one attached hydrogen (secondary N) is 1. The Hall–Kier alpha value is -4.44. The van der Waals surface area contributed by atoms with Crippen molar-refractivity contribution >= 4 is 23.6 Å². The van der Waals surface area contributed by atoms with Gasteiger partial charge in [0, 0.05) is 12.3 Å². The molecule has 0 aliphatic rings. The molecule has 1 amide bonds. The van der Waals surface area contributed by atoms with E-state index in [1.54, 1.807) is 69.3 Å². The molecule has 3 atom stereocenters. The first kappa shape index (κ1) is 37.0. The van der Waals surface area contributed by atoms with Gasteiger partial charge in [-0.05, 0) is 56.7 Å². The summed E-state index contributed by atoms with van der Waals surface area (Å²) in [6, 6.07) is 25.9. The number of hydrogen-bond acceptors (Lipinski definition) is 7. The zero-order valence-corrected chi connectivity index (χ0v) is 27.0. The van der Waals surface area contributed by atoms with Gasteiger partial charge in [0.25, 0.3) is 0 Å². The van der Waals surface area contributed by atoms with Crippen LogP contribution < -0.4 is 5.32 Å². The second-order valence-corrected chi connectivity index (χ2v) is 12.3. The highest BCUT2D eigenvalue weighted by Gasteiger charge is 2.32. The van der Waals surface area contributed by atoms with E-state index >= 15 is 0 Å². The van der Waals surface area contributed by atoms with Crippen LogP contribution in [0, 0.1) is 11.8 Å². The van der Waals surface area contributed by atoms with E-state index < -0.39 is 66.7 Å². The van der Waals surface area contributed by atoms with Gasteiger partial charge in [0.15, 0.2) is 5.78 Å². The lowest BCUT2D eigenvalue weighted by molar-refractivity contribution is -0.158. The number of esters is 2. The smallest absolute Gasteiger partial charge is 0.345 e. The van der Waals surface area contributed by atoms with Crippen molar-refractivity contribution < 1.29 is 42.2 Å². The first-order valence-electron chi connectivity index (χ1n) is 15.6. The number of carbonyl (C=O) groups excluding carboxylic acids is 4. The Bertz CT molecular complexity index is 1410. The van der Waals surface area contributed by atoms with Crippen molar-refractivity contribution in [2.45, 2.75) is 77.7 Å². The summed E-state index contributed by atoms with van der Waals surface area (Å²) in [6.45, 7) is 1.08. The van der Waals surface area contributed by atoms with E-state index in [0.717, 1.165) is 16.7 Å². The van der Waals surface area contributed by atoms with Gasteiger partial charge in [-0.3, -0.25) is 19.2 Å². The predicted molar refractivity (Wildman–Crippen MR) is 172 cm³/mol. The summed E-state index contributed by atoms with van der Waals surface area (Å²) in [7, 11) is 0. The average molecular weight is 652 g/mol. The van der Waals surface area contributed by atoms with Gasteiger partial charge in [-0.2, -0.15) is 8.78 Å². The molecule has 0 unspecified atom stereocenters. The van der Waals surface area contributed by atoms with Crippen molar-refractivity contribution in [2.75, 3.05) is 6.61 Å². The quantitative estimate of drug-likeness (QED) is 0.162. The molecule has 3 rings (SSSR count). The molecule has 0 fully saturated rings. The third-order valence-corrected chi connectivity index (χ3v) is 7.25. The highest BCUT2D eigenvalue weighted by molar-refractivity contribution is 5.93. The second-order valence-electron chi connectivity index (χ2n) is 12.3. The summed E-state index contributed by atoms with van der Waals surface area (Å²) in [5.41, 5.74) is 1.67. The van der Waals surface area contributed by atoms with Crippen LogP contribution in [-0.2, 0) is 52.8 Å². The summed E-state index contributed by atoms with van der Waals surface area (Å²) >= 11 is 0. The number of Topliss-reactive ketones (excluding diaryl/α,β-unsaturated/α-hetero) is 1. The first-order chi connectivity index (χ1) is 22.4. The molecule has 47 heavy (non-hydrogen) atoms. The Morgan fingerprint density at radius 3 is 1.85 bits per heavy atom. The molecular weight excluding hydrogens is 608 g/mol. The molecule has 3 aromatic rings. The van der Waals surface area contributed by atoms with E-state index in [2.05, 4.69) is 10.1 Å². The van der Waals surface area contributed by atoms with Crippen molar-refractivity contribution in [3.63, 3.8) is 0 Å². The van der Waals surface area contributed by atoms with Gasteiger partial charge in [-0.25, -0.2) is 0 Å². The molecular formula is C37H43F2NO7. The Balaban J connectivity index is 1.79. The van der Waals surface area contributed by atoms with E-state index in [9.17, 15) is 28.0 Å². The molecule has 10 heteroatoms. The maximum atomic E-state index is 13.6. The van der Waals surface area contributed by atoms with E-state index in [0.29, 0.717) is 6.42 Å². The zero-order valence-electron chi connectivity index (χ0n) is 27.0. The number of ketones is 1. The molecule has 252 valence electrons. The van der Waals surface area contributed by atoms with Gasteiger partial charge in [0.1, 0.15) is 18.2 Å². The van der Waals surface area contributed by atoms with Crippen LogP contribution >= 0.6 is 0 Å². The van der Waals surface area contributed by atoms with Crippen LogP contribution in [0.3, 0.4) is 0 Å². The van der Waals surface area contributed by atoms with Crippen molar-refractivity contribution in [1.82, 2.24) is 5.32 Å². The molecule has 0 bridgehead atoms. The SMILES string of the molecule is CC(C)(C)OC(=O)C[C@@H](CCc1ccccc1)C(=O)N[C@@H](COC(F)F)C(=O)C[C@@H](Cc1ccccc1)C(=O)OCc1ccccc1. The lowest BCUT2D eigenvalue weighted by Gasteiger charge is -2.25. The Morgan fingerprint density at radius 1 is 0.745 bits per heavy atom.